The van der Waals surface area contributed by atoms with E-state index in [1.165, 1.54) is 12.1 Å². The molecule has 0 heterocycles. The molecule has 0 radical (unpaired) electrons. The van der Waals surface area contributed by atoms with Gasteiger partial charge in [-0.25, -0.2) is 9.18 Å². The Labute approximate surface area is 104 Å². The van der Waals surface area contributed by atoms with Crippen molar-refractivity contribution < 1.29 is 19.1 Å². The number of nitrogens with one attached hydrogen (secondary N) is 1. The summed E-state index contributed by atoms with van der Waals surface area (Å²) in [6.07, 6.45) is 0. The Morgan fingerprint density at radius 2 is 2.00 bits per heavy atom. The molecule has 5 nitrogen and oxygen atoms in total. The van der Waals surface area contributed by atoms with Gasteiger partial charge in [0.1, 0.15) is 11.9 Å². The van der Waals surface area contributed by atoms with E-state index in [9.17, 15) is 14.0 Å². The molecule has 0 aliphatic rings. The highest BCUT2D eigenvalue weighted by Gasteiger charge is 2.25. The summed E-state index contributed by atoms with van der Waals surface area (Å²) in [5, 5.41) is 11.3. The van der Waals surface area contributed by atoms with Crippen LogP contribution in [0.4, 0.5) is 10.1 Å². The topological polar surface area (TPSA) is 92.4 Å². The second kappa shape index (κ2) is 5.48. The predicted molar refractivity (Wildman–Crippen MR) is 64.5 cm³/mol. The summed E-state index contributed by atoms with van der Waals surface area (Å²) in [6.45, 7) is 3.32. The van der Waals surface area contributed by atoms with Crippen LogP contribution in [-0.2, 0) is 4.79 Å². The maximum Gasteiger partial charge on any atom is 0.326 e. The van der Waals surface area contributed by atoms with Crippen LogP contribution in [0.25, 0.3) is 0 Å². The lowest BCUT2D eigenvalue weighted by Crippen LogP contribution is -2.44. The van der Waals surface area contributed by atoms with Crippen LogP contribution in [0.2, 0.25) is 0 Å². The average Bonchev–Trinajstić information content (AvgIpc) is 2.28. The summed E-state index contributed by atoms with van der Waals surface area (Å²) in [5.74, 6) is -2.85. The van der Waals surface area contributed by atoms with Crippen LogP contribution in [0.1, 0.15) is 24.2 Å². The number of nitrogens with two attached hydrogens (primary N) is 1. The Hall–Kier alpha value is -2.11. The lowest BCUT2D eigenvalue weighted by atomic mass is 10.0. The molecular formula is C12H15FN2O3. The van der Waals surface area contributed by atoms with Crippen molar-refractivity contribution in [3.8, 4) is 0 Å². The minimum Gasteiger partial charge on any atom is -0.480 e. The van der Waals surface area contributed by atoms with E-state index in [4.69, 9.17) is 10.8 Å². The third-order valence-corrected chi connectivity index (χ3v) is 2.52. The van der Waals surface area contributed by atoms with Gasteiger partial charge in [0.25, 0.3) is 5.91 Å². The molecule has 0 saturated heterocycles. The molecule has 4 N–H and O–H groups in total. The maximum absolute atomic E-state index is 13.2. The number of carboxylic acid groups (broad SMARTS) is 1. The molecule has 0 bridgehead atoms. The highest BCUT2D eigenvalue weighted by atomic mass is 19.1. The first-order valence-corrected chi connectivity index (χ1v) is 5.42. The molecule has 0 aliphatic carbocycles. The number of hydrogen-bond acceptors (Lipinski definition) is 3. The van der Waals surface area contributed by atoms with E-state index >= 15 is 0 Å². The van der Waals surface area contributed by atoms with Gasteiger partial charge in [0, 0.05) is 0 Å². The SMILES string of the molecule is CC(C)[C@H](NC(=O)c1cccc(F)c1N)C(=O)O. The predicted octanol–water partition coefficient (Wildman–Crippen LogP) is 1.25. The molecule has 18 heavy (non-hydrogen) atoms. The zero-order valence-electron chi connectivity index (χ0n) is 10.1. The number of benzene rings is 1. The zero-order chi connectivity index (χ0) is 13.9. The molecular weight excluding hydrogens is 239 g/mol. The third-order valence-electron chi connectivity index (χ3n) is 2.52. The van der Waals surface area contributed by atoms with E-state index in [2.05, 4.69) is 5.32 Å². The summed E-state index contributed by atoms with van der Waals surface area (Å²) < 4.78 is 13.2. The van der Waals surface area contributed by atoms with Gasteiger partial charge in [0.2, 0.25) is 0 Å². The smallest absolute Gasteiger partial charge is 0.326 e. The second-order valence-corrected chi connectivity index (χ2v) is 4.23. The first-order chi connectivity index (χ1) is 8.34. The van der Waals surface area contributed by atoms with Crippen molar-refractivity contribution in [1.82, 2.24) is 5.32 Å². The van der Waals surface area contributed by atoms with Crippen LogP contribution in [0, 0.1) is 11.7 Å². The van der Waals surface area contributed by atoms with Crippen LogP contribution in [0.3, 0.4) is 0 Å². The molecule has 6 heteroatoms. The van der Waals surface area contributed by atoms with E-state index in [-0.39, 0.29) is 17.2 Å². The Morgan fingerprint density at radius 1 is 1.39 bits per heavy atom. The van der Waals surface area contributed by atoms with E-state index < -0.39 is 23.7 Å². The summed E-state index contributed by atoms with van der Waals surface area (Å²) in [4.78, 5) is 22.8. The number of hydrogen-bond donors (Lipinski definition) is 3. The lowest BCUT2D eigenvalue weighted by molar-refractivity contribution is -0.140. The van der Waals surface area contributed by atoms with Gasteiger partial charge in [0.05, 0.1) is 11.3 Å². The van der Waals surface area contributed by atoms with E-state index in [1.54, 1.807) is 13.8 Å². The summed E-state index contributed by atoms with van der Waals surface area (Å²) in [6, 6.07) is 2.77. The van der Waals surface area contributed by atoms with Crippen molar-refractivity contribution in [2.24, 2.45) is 5.92 Å². The summed E-state index contributed by atoms with van der Waals surface area (Å²) >= 11 is 0. The minimum atomic E-state index is -1.15. The number of carbonyl (C=O) groups excluding carboxylic acids is 1. The van der Waals surface area contributed by atoms with Gasteiger partial charge in [-0.15, -0.1) is 0 Å². The minimum absolute atomic E-state index is 0.0677. The lowest BCUT2D eigenvalue weighted by Gasteiger charge is -2.18. The molecule has 1 aromatic rings. The number of rotatable bonds is 4. The molecule has 1 aromatic carbocycles. The van der Waals surface area contributed by atoms with Crippen LogP contribution >= 0.6 is 0 Å². The summed E-state index contributed by atoms with van der Waals surface area (Å²) in [7, 11) is 0. The van der Waals surface area contributed by atoms with Crippen molar-refractivity contribution >= 4 is 17.6 Å². The first kappa shape index (κ1) is 14.0. The fourth-order valence-electron chi connectivity index (χ4n) is 1.47. The Balaban J connectivity index is 2.94. The molecule has 0 fully saturated rings. The van der Waals surface area contributed by atoms with Crippen LogP contribution in [-0.4, -0.2) is 23.0 Å². The quantitative estimate of drug-likeness (QED) is 0.705. The molecule has 0 unspecified atom stereocenters. The second-order valence-electron chi connectivity index (χ2n) is 4.23. The fraction of sp³-hybridized carbons (Fsp3) is 0.333. The van der Waals surface area contributed by atoms with E-state index in [0.717, 1.165) is 6.07 Å². The van der Waals surface area contributed by atoms with Crippen LogP contribution in [0.15, 0.2) is 18.2 Å². The number of carbonyl (C=O) groups is 2. The molecule has 0 saturated carbocycles. The molecule has 98 valence electrons. The molecule has 1 amide bonds. The first-order valence-electron chi connectivity index (χ1n) is 5.42. The van der Waals surface area contributed by atoms with E-state index in [0.29, 0.717) is 0 Å². The van der Waals surface area contributed by atoms with Gasteiger partial charge < -0.3 is 16.2 Å². The number of para-hydroxylation sites is 1. The average molecular weight is 254 g/mol. The standard InChI is InChI=1S/C12H15FN2O3/c1-6(2)10(12(17)18)15-11(16)7-4-3-5-8(13)9(7)14/h3-6,10H,14H2,1-2H3,(H,15,16)(H,17,18)/t10-/m0/s1. The van der Waals surface area contributed by atoms with Crippen molar-refractivity contribution in [3.63, 3.8) is 0 Å². The van der Waals surface area contributed by atoms with Gasteiger partial charge in [-0.3, -0.25) is 4.79 Å². The molecule has 0 aromatic heterocycles. The van der Waals surface area contributed by atoms with Crippen molar-refractivity contribution in [3.05, 3.63) is 29.6 Å². The highest BCUT2D eigenvalue weighted by Crippen LogP contribution is 2.16. The number of halogens is 1. The zero-order valence-corrected chi connectivity index (χ0v) is 10.1. The Kier molecular flexibility index (Phi) is 4.25. The number of carboxylic acids is 1. The largest absolute Gasteiger partial charge is 0.480 e. The number of aliphatic carboxylic acids is 1. The normalized spacial score (nSPS) is 12.2. The highest BCUT2D eigenvalue weighted by molar-refractivity contribution is 6.00. The monoisotopic (exact) mass is 254 g/mol. The number of amides is 1. The van der Waals surface area contributed by atoms with E-state index in [1.807, 2.05) is 0 Å². The van der Waals surface area contributed by atoms with Crippen molar-refractivity contribution in [2.75, 3.05) is 5.73 Å². The summed E-state index contributed by atoms with van der Waals surface area (Å²) in [5.41, 5.74) is 5.07. The third kappa shape index (κ3) is 2.97. The molecule has 0 spiro atoms. The van der Waals surface area contributed by atoms with Gasteiger partial charge >= 0.3 is 5.97 Å². The van der Waals surface area contributed by atoms with Gasteiger partial charge in [0.15, 0.2) is 0 Å². The number of nitrogen functional groups attached to an aromatic ring is 1. The molecule has 0 aliphatic heterocycles. The van der Waals surface area contributed by atoms with Gasteiger partial charge in [-0.05, 0) is 18.1 Å². The van der Waals surface area contributed by atoms with Gasteiger partial charge in [-0.2, -0.15) is 0 Å². The maximum atomic E-state index is 13.2. The Morgan fingerprint density at radius 3 is 2.50 bits per heavy atom. The fourth-order valence-corrected chi connectivity index (χ4v) is 1.47. The van der Waals surface area contributed by atoms with Crippen molar-refractivity contribution in [2.45, 2.75) is 19.9 Å². The van der Waals surface area contributed by atoms with Crippen molar-refractivity contribution in [1.29, 1.82) is 0 Å². The molecule has 1 rings (SSSR count). The number of anilines is 1. The Bertz CT molecular complexity index is 474. The molecule has 1 atom stereocenters. The van der Waals surface area contributed by atoms with Crippen LogP contribution < -0.4 is 11.1 Å². The van der Waals surface area contributed by atoms with Gasteiger partial charge in [-0.1, -0.05) is 19.9 Å². The van der Waals surface area contributed by atoms with Crippen LogP contribution in [0.5, 0.6) is 0 Å².